The van der Waals surface area contributed by atoms with E-state index in [9.17, 15) is 19.7 Å². The molecule has 1 fully saturated rings. The van der Waals surface area contributed by atoms with Crippen molar-refractivity contribution in [2.45, 2.75) is 70.1 Å². The van der Waals surface area contributed by atoms with Gasteiger partial charge in [0.2, 0.25) is 0 Å². The Morgan fingerprint density at radius 2 is 1.70 bits per heavy atom. The van der Waals surface area contributed by atoms with Crippen molar-refractivity contribution in [1.82, 2.24) is 6.15 Å². The van der Waals surface area contributed by atoms with Crippen molar-refractivity contribution in [1.29, 1.82) is 0 Å². The first kappa shape index (κ1) is 22.9. The number of phosphoric acid groups is 1. The lowest BCUT2D eigenvalue weighted by Crippen LogP contribution is -2.34. The Labute approximate surface area is 136 Å². The second kappa shape index (κ2) is 11.5. The van der Waals surface area contributed by atoms with Gasteiger partial charge in [0.05, 0.1) is 13.2 Å². The summed E-state index contributed by atoms with van der Waals surface area (Å²) in [5.74, 6) is 0. The number of aliphatic hydroxyl groups is 3. The molecule has 10 heteroatoms. The van der Waals surface area contributed by atoms with Gasteiger partial charge >= 0.3 is 7.82 Å². The van der Waals surface area contributed by atoms with E-state index in [1.807, 2.05) is 0 Å². The molecule has 0 aliphatic carbocycles. The predicted molar refractivity (Wildman–Crippen MR) is 83.0 cm³/mol. The number of hydrogen-bond acceptors (Lipinski definition) is 8. The van der Waals surface area contributed by atoms with Crippen LogP contribution in [0.15, 0.2) is 0 Å². The van der Waals surface area contributed by atoms with E-state index in [0.717, 1.165) is 25.7 Å². The fourth-order valence-corrected chi connectivity index (χ4v) is 3.03. The average molecular weight is 359 g/mol. The number of rotatable bonds is 11. The molecule has 1 saturated heterocycles. The lowest BCUT2D eigenvalue weighted by molar-refractivity contribution is -0.128. The van der Waals surface area contributed by atoms with Crippen LogP contribution in [0.1, 0.15) is 45.4 Å². The fraction of sp³-hybridized carbons (Fsp3) is 1.00. The van der Waals surface area contributed by atoms with Crippen LogP contribution < -0.4 is 6.15 Å². The molecule has 0 radical (unpaired) electrons. The monoisotopic (exact) mass is 359 g/mol. The van der Waals surface area contributed by atoms with Gasteiger partial charge in [-0.2, -0.15) is 0 Å². The van der Waals surface area contributed by atoms with Crippen LogP contribution in [0.3, 0.4) is 0 Å². The summed E-state index contributed by atoms with van der Waals surface area (Å²) in [6.45, 7) is 1.65. The SMILES string of the molecule is CCCCCCCCOP(=O)(O)O[C@@H]1O[C@H](CO)[C@@H](O)[C@@H]1O.N. The van der Waals surface area contributed by atoms with Crippen LogP contribution in [0.25, 0.3) is 0 Å². The quantitative estimate of drug-likeness (QED) is 0.268. The van der Waals surface area contributed by atoms with E-state index in [4.69, 9.17) is 18.9 Å². The van der Waals surface area contributed by atoms with Gasteiger partial charge in [-0.05, 0) is 6.42 Å². The summed E-state index contributed by atoms with van der Waals surface area (Å²) in [5.41, 5.74) is 0. The molecule has 0 spiro atoms. The number of unbranched alkanes of at least 4 members (excludes halogenated alkanes) is 5. The highest BCUT2D eigenvalue weighted by Crippen LogP contribution is 2.46. The molecule has 1 unspecified atom stereocenters. The molecule has 140 valence electrons. The number of ether oxygens (including phenoxy) is 1. The summed E-state index contributed by atoms with van der Waals surface area (Å²) in [6, 6.07) is 0. The number of phosphoric ester groups is 1. The molecule has 7 N–H and O–H groups in total. The van der Waals surface area contributed by atoms with Gasteiger partial charge < -0.3 is 31.1 Å². The summed E-state index contributed by atoms with van der Waals surface area (Å²) in [7, 11) is -4.38. The van der Waals surface area contributed by atoms with E-state index >= 15 is 0 Å². The first-order valence-corrected chi connectivity index (χ1v) is 9.19. The van der Waals surface area contributed by atoms with E-state index < -0.39 is 39.0 Å². The second-order valence-corrected chi connectivity index (χ2v) is 6.79. The van der Waals surface area contributed by atoms with Crippen molar-refractivity contribution in [3.05, 3.63) is 0 Å². The fourth-order valence-electron chi connectivity index (χ4n) is 2.18. The predicted octanol–water partition coefficient (Wildman–Crippen LogP) is 1.08. The van der Waals surface area contributed by atoms with E-state index in [1.54, 1.807) is 0 Å². The third-order valence-corrected chi connectivity index (χ3v) is 4.47. The Bertz CT molecular complexity index is 359. The van der Waals surface area contributed by atoms with Crippen molar-refractivity contribution >= 4 is 7.82 Å². The van der Waals surface area contributed by atoms with Crippen LogP contribution >= 0.6 is 7.82 Å². The first-order valence-electron chi connectivity index (χ1n) is 7.69. The van der Waals surface area contributed by atoms with Gasteiger partial charge in [0, 0.05) is 0 Å². The molecule has 1 rings (SSSR count). The molecule has 23 heavy (non-hydrogen) atoms. The average Bonchev–Trinajstić information content (AvgIpc) is 2.73. The highest BCUT2D eigenvalue weighted by atomic mass is 31.2. The van der Waals surface area contributed by atoms with Crippen LogP contribution in [0, 0.1) is 0 Å². The van der Waals surface area contributed by atoms with Crippen LogP contribution in [0.2, 0.25) is 0 Å². The Morgan fingerprint density at radius 1 is 1.09 bits per heavy atom. The minimum absolute atomic E-state index is 0. The Balaban J connectivity index is 0.00000484. The normalized spacial score (nSPS) is 30.0. The van der Waals surface area contributed by atoms with Crippen LogP contribution in [-0.2, 0) is 18.3 Å². The minimum atomic E-state index is -4.38. The molecule has 0 bridgehead atoms. The first-order chi connectivity index (χ1) is 10.4. The maximum Gasteiger partial charge on any atom is 0.474 e. The number of aliphatic hydroxyl groups excluding tert-OH is 3. The van der Waals surface area contributed by atoms with Gasteiger partial charge in [0.1, 0.15) is 18.3 Å². The molecule has 0 aromatic carbocycles. The van der Waals surface area contributed by atoms with E-state index in [1.165, 1.54) is 6.42 Å². The van der Waals surface area contributed by atoms with Gasteiger partial charge in [0.25, 0.3) is 0 Å². The molecule has 0 saturated carbocycles. The molecular formula is C13H30NO8P. The summed E-state index contributed by atoms with van der Waals surface area (Å²) in [5, 5.41) is 28.0. The smallest absolute Gasteiger partial charge is 0.394 e. The Hall–Kier alpha value is -0.0900. The summed E-state index contributed by atoms with van der Waals surface area (Å²) in [4.78, 5) is 9.55. The lowest BCUT2D eigenvalue weighted by atomic mass is 10.1. The summed E-state index contributed by atoms with van der Waals surface area (Å²) in [6.07, 6.45) is 0.569. The topological polar surface area (TPSA) is 161 Å². The maximum absolute atomic E-state index is 11.7. The zero-order valence-corrected chi connectivity index (χ0v) is 14.4. The highest BCUT2D eigenvalue weighted by molar-refractivity contribution is 7.47. The Kier molecular flexibility index (Phi) is 11.4. The van der Waals surface area contributed by atoms with E-state index in [0.29, 0.717) is 6.42 Å². The van der Waals surface area contributed by atoms with Gasteiger partial charge in [-0.3, -0.25) is 9.05 Å². The van der Waals surface area contributed by atoms with Gasteiger partial charge in [-0.15, -0.1) is 0 Å². The van der Waals surface area contributed by atoms with Crippen molar-refractivity contribution in [2.24, 2.45) is 0 Å². The lowest BCUT2D eigenvalue weighted by Gasteiger charge is -2.19. The van der Waals surface area contributed by atoms with Crippen molar-refractivity contribution < 1.29 is 38.6 Å². The summed E-state index contributed by atoms with van der Waals surface area (Å²) >= 11 is 0. The van der Waals surface area contributed by atoms with E-state index in [-0.39, 0.29) is 12.8 Å². The molecular weight excluding hydrogens is 329 g/mol. The van der Waals surface area contributed by atoms with Crippen molar-refractivity contribution in [3.8, 4) is 0 Å². The van der Waals surface area contributed by atoms with Crippen LogP contribution in [0.4, 0.5) is 0 Å². The zero-order chi connectivity index (χ0) is 16.6. The molecule has 0 aromatic rings. The molecule has 1 aliphatic rings. The van der Waals surface area contributed by atoms with Crippen LogP contribution in [0.5, 0.6) is 0 Å². The van der Waals surface area contributed by atoms with Gasteiger partial charge in [-0.25, -0.2) is 4.57 Å². The molecule has 0 aromatic heterocycles. The van der Waals surface area contributed by atoms with Gasteiger partial charge in [0.15, 0.2) is 6.29 Å². The van der Waals surface area contributed by atoms with Gasteiger partial charge in [-0.1, -0.05) is 39.0 Å². The van der Waals surface area contributed by atoms with Crippen molar-refractivity contribution in [3.63, 3.8) is 0 Å². The van der Waals surface area contributed by atoms with E-state index in [2.05, 4.69) is 6.92 Å². The maximum atomic E-state index is 11.7. The minimum Gasteiger partial charge on any atom is -0.394 e. The summed E-state index contributed by atoms with van der Waals surface area (Å²) < 4.78 is 26.2. The third kappa shape index (κ3) is 8.02. The Morgan fingerprint density at radius 3 is 2.26 bits per heavy atom. The zero-order valence-electron chi connectivity index (χ0n) is 13.5. The molecule has 5 atom stereocenters. The molecule has 1 heterocycles. The third-order valence-electron chi connectivity index (χ3n) is 3.49. The molecule has 9 nitrogen and oxygen atoms in total. The highest BCUT2D eigenvalue weighted by Gasteiger charge is 2.46. The molecule has 1 aliphatic heterocycles. The second-order valence-electron chi connectivity index (χ2n) is 5.38. The van der Waals surface area contributed by atoms with Crippen LogP contribution in [-0.4, -0.2) is 58.0 Å². The standard InChI is InChI=1S/C13H27O8P.H3N/c1-2-3-4-5-6-7-8-19-22(17,18)21-13-12(16)11(15)10(9-14)20-13;/h10-16H,2-9H2,1H3,(H,17,18);1H3/t10-,11-,12+,13+;/m1./s1. The largest absolute Gasteiger partial charge is 0.474 e. The van der Waals surface area contributed by atoms with Crippen molar-refractivity contribution in [2.75, 3.05) is 13.2 Å². The number of hydrogen-bond donors (Lipinski definition) is 5. The molecule has 0 amide bonds.